The van der Waals surface area contributed by atoms with Crippen molar-refractivity contribution in [1.82, 2.24) is 0 Å². The van der Waals surface area contributed by atoms with Crippen LogP contribution >= 0.6 is 0 Å². The standard InChI is InChI=1S/C11H15NO/c1-8-10(6-3-7-11(8)13)12-9-4-2-5-9/h3,6-7,9,12-13H,2,4-5H2,1H3. The number of nitrogens with one attached hydrogen (secondary N) is 1. The first-order valence-corrected chi connectivity index (χ1v) is 4.82. The first-order valence-electron chi connectivity index (χ1n) is 4.82. The molecule has 1 fully saturated rings. The highest BCUT2D eigenvalue weighted by Crippen LogP contribution is 2.28. The number of phenolic OH excluding ortho intramolecular Hbond substituents is 1. The van der Waals surface area contributed by atoms with E-state index in [4.69, 9.17) is 0 Å². The van der Waals surface area contributed by atoms with Crippen molar-refractivity contribution in [2.45, 2.75) is 32.2 Å². The van der Waals surface area contributed by atoms with Gasteiger partial charge >= 0.3 is 0 Å². The molecule has 2 rings (SSSR count). The first kappa shape index (κ1) is 8.42. The zero-order chi connectivity index (χ0) is 9.26. The number of aromatic hydroxyl groups is 1. The average Bonchev–Trinajstić information content (AvgIpc) is 2.04. The predicted octanol–water partition coefficient (Wildman–Crippen LogP) is 2.67. The first-order chi connectivity index (χ1) is 6.27. The van der Waals surface area contributed by atoms with E-state index in [9.17, 15) is 5.11 Å². The molecule has 1 aliphatic carbocycles. The molecule has 0 amide bonds. The highest BCUT2D eigenvalue weighted by Gasteiger charge is 2.17. The minimum Gasteiger partial charge on any atom is -0.508 e. The van der Waals surface area contributed by atoms with E-state index in [1.807, 2.05) is 19.1 Å². The van der Waals surface area contributed by atoms with Crippen molar-refractivity contribution in [3.8, 4) is 5.75 Å². The van der Waals surface area contributed by atoms with Crippen LogP contribution in [0.25, 0.3) is 0 Å². The van der Waals surface area contributed by atoms with E-state index in [1.54, 1.807) is 6.07 Å². The fourth-order valence-corrected chi connectivity index (χ4v) is 1.55. The lowest BCUT2D eigenvalue weighted by molar-refractivity contribution is 0.444. The van der Waals surface area contributed by atoms with Crippen LogP contribution in [0.15, 0.2) is 18.2 Å². The van der Waals surface area contributed by atoms with E-state index in [0.29, 0.717) is 11.8 Å². The molecule has 0 radical (unpaired) electrons. The molecule has 1 aliphatic rings. The topological polar surface area (TPSA) is 32.3 Å². The molecule has 13 heavy (non-hydrogen) atoms. The van der Waals surface area contributed by atoms with E-state index in [2.05, 4.69) is 5.32 Å². The average molecular weight is 177 g/mol. The summed E-state index contributed by atoms with van der Waals surface area (Å²) in [5.74, 6) is 0.379. The maximum atomic E-state index is 9.46. The smallest absolute Gasteiger partial charge is 0.120 e. The van der Waals surface area contributed by atoms with Crippen molar-refractivity contribution >= 4 is 5.69 Å². The summed E-state index contributed by atoms with van der Waals surface area (Å²) in [5, 5.41) is 12.9. The molecular weight excluding hydrogens is 162 g/mol. The normalized spacial score (nSPS) is 16.7. The summed E-state index contributed by atoms with van der Waals surface area (Å²) in [6.45, 7) is 1.94. The summed E-state index contributed by atoms with van der Waals surface area (Å²) in [7, 11) is 0. The Hall–Kier alpha value is -1.18. The molecule has 0 spiro atoms. The molecule has 1 aromatic carbocycles. The van der Waals surface area contributed by atoms with Gasteiger partial charge in [0.15, 0.2) is 0 Å². The quantitative estimate of drug-likeness (QED) is 0.728. The van der Waals surface area contributed by atoms with Gasteiger partial charge in [0, 0.05) is 17.3 Å². The van der Waals surface area contributed by atoms with Crippen LogP contribution < -0.4 is 5.32 Å². The third-order valence-corrected chi connectivity index (χ3v) is 2.77. The summed E-state index contributed by atoms with van der Waals surface area (Å²) >= 11 is 0. The molecule has 0 atom stereocenters. The van der Waals surface area contributed by atoms with Crippen molar-refractivity contribution in [2.75, 3.05) is 5.32 Å². The number of benzene rings is 1. The van der Waals surface area contributed by atoms with Gasteiger partial charge in [-0.25, -0.2) is 0 Å². The monoisotopic (exact) mass is 177 g/mol. The molecule has 0 aliphatic heterocycles. The second-order valence-electron chi connectivity index (χ2n) is 3.72. The maximum Gasteiger partial charge on any atom is 0.120 e. The van der Waals surface area contributed by atoms with Gasteiger partial charge in [0.25, 0.3) is 0 Å². The number of hydrogen-bond donors (Lipinski definition) is 2. The van der Waals surface area contributed by atoms with Crippen molar-refractivity contribution in [2.24, 2.45) is 0 Å². The fraction of sp³-hybridized carbons (Fsp3) is 0.455. The zero-order valence-electron chi connectivity index (χ0n) is 7.88. The molecule has 2 heteroatoms. The van der Waals surface area contributed by atoms with Crippen molar-refractivity contribution in [3.05, 3.63) is 23.8 Å². The lowest BCUT2D eigenvalue weighted by Gasteiger charge is -2.28. The summed E-state index contributed by atoms with van der Waals surface area (Å²) in [6.07, 6.45) is 3.85. The van der Waals surface area contributed by atoms with Gasteiger partial charge in [0.1, 0.15) is 5.75 Å². The zero-order valence-corrected chi connectivity index (χ0v) is 7.88. The molecule has 1 saturated carbocycles. The Balaban J connectivity index is 2.14. The Labute approximate surface area is 78.6 Å². The van der Waals surface area contributed by atoms with Crippen LogP contribution in [0.3, 0.4) is 0 Å². The Kier molecular flexibility index (Phi) is 2.13. The minimum absolute atomic E-state index is 0.379. The fourth-order valence-electron chi connectivity index (χ4n) is 1.55. The second-order valence-corrected chi connectivity index (χ2v) is 3.72. The van der Waals surface area contributed by atoms with Gasteiger partial charge in [-0.1, -0.05) is 6.07 Å². The van der Waals surface area contributed by atoms with E-state index < -0.39 is 0 Å². The van der Waals surface area contributed by atoms with Crippen LogP contribution in [0.5, 0.6) is 5.75 Å². The van der Waals surface area contributed by atoms with Crippen molar-refractivity contribution < 1.29 is 5.11 Å². The lowest BCUT2D eigenvalue weighted by Crippen LogP contribution is -2.27. The molecular formula is C11H15NO. The van der Waals surface area contributed by atoms with E-state index in [0.717, 1.165) is 11.3 Å². The molecule has 0 heterocycles. The lowest BCUT2D eigenvalue weighted by atomic mass is 9.92. The van der Waals surface area contributed by atoms with Gasteiger partial charge < -0.3 is 10.4 Å². The third-order valence-electron chi connectivity index (χ3n) is 2.77. The molecule has 1 aromatic rings. The van der Waals surface area contributed by atoms with Crippen LogP contribution in [0.2, 0.25) is 0 Å². The number of hydrogen-bond acceptors (Lipinski definition) is 2. The second kappa shape index (κ2) is 3.29. The van der Waals surface area contributed by atoms with E-state index >= 15 is 0 Å². The van der Waals surface area contributed by atoms with Gasteiger partial charge in [0.05, 0.1) is 0 Å². The SMILES string of the molecule is Cc1c(O)cccc1NC1CCC1. The largest absolute Gasteiger partial charge is 0.508 e. The van der Waals surface area contributed by atoms with Gasteiger partial charge in [-0.15, -0.1) is 0 Å². The van der Waals surface area contributed by atoms with Crippen LogP contribution in [0, 0.1) is 6.92 Å². The number of rotatable bonds is 2. The van der Waals surface area contributed by atoms with Crippen LogP contribution in [-0.4, -0.2) is 11.1 Å². The summed E-state index contributed by atoms with van der Waals surface area (Å²) in [4.78, 5) is 0. The Morgan fingerprint density at radius 2 is 2.15 bits per heavy atom. The minimum atomic E-state index is 0.379. The predicted molar refractivity (Wildman–Crippen MR) is 54.1 cm³/mol. The Bertz CT molecular complexity index is 305. The Morgan fingerprint density at radius 1 is 1.38 bits per heavy atom. The van der Waals surface area contributed by atoms with Crippen molar-refractivity contribution in [1.29, 1.82) is 0 Å². The van der Waals surface area contributed by atoms with Crippen molar-refractivity contribution in [3.63, 3.8) is 0 Å². The number of phenols is 1. The van der Waals surface area contributed by atoms with Crippen LogP contribution in [0.1, 0.15) is 24.8 Å². The van der Waals surface area contributed by atoms with Gasteiger partial charge in [0.2, 0.25) is 0 Å². The van der Waals surface area contributed by atoms with Gasteiger partial charge in [-0.05, 0) is 38.3 Å². The molecule has 0 bridgehead atoms. The molecule has 0 aromatic heterocycles. The molecule has 70 valence electrons. The molecule has 2 N–H and O–H groups in total. The maximum absolute atomic E-state index is 9.46. The third kappa shape index (κ3) is 1.62. The molecule has 2 nitrogen and oxygen atoms in total. The van der Waals surface area contributed by atoms with Gasteiger partial charge in [-0.2, -0.15) is 0 Å². The van der Waals surface area contributed by atoms with Gasteiger partial charge in [-0.3, -0.25) is 0 Å². The summed E-state index contributed by atoms with van der Waals surface area (Å²) < 4.78 is 0. The van der Waals surface area contributed by atoms with Crippen LogP contribution in [-0.2, 0) is 0 Å². The Morgan fingerprint density at radius 3 is 2.77 bits per heavy atom. The number of anilines is 1. The highest BCUT2D eigenvalue weighted by atomic mass is 16.3. The van der Waals surface area contributed by atoms with Crippen LogP contribution in [0.4, 0.5) is 5.69 Å². The van der Waals surface area contributed by atoms with E-state index in [-0.39, 0.29) is 0 Å². The molecule has 0 saturated heterocycles. The summed E-state index contributed by atoms with van der Waals surface area (Å²) in [5.41, 5.74) is 2.03. The summed E-state index contributed by atoms with van der Waals surface area (Å²) in [6, 6.07) is 6.25. The van der Waals surface area contributed by atoms with E-state index in [1.165, 1.54) is 19.3 Å². The molecule has 0 unspecified atom stereocenters. The highest BCUT2D eigenvalue weighted by molar-refractivity contribution is 5.56.